The highest BCUT2D eigenvalue weighted by molar-refractivity contribution is 5.92. The van der Waals surface area contributed by atoms with E-state index in [1.54, 1.807) is 18.6 Å². The highest BCUT2D eigenvalue weighted by Crippen LogP contribution is 2.37. The average Bonchev–Trinajstić information content (AvgIpc) is 3.41. The number of nitriles is 1. The molecule has 0 radical (unpaired) electrons. The van der Waals surface area contributed by atoms with E-state index in [9.17, 15) is 5.26 Å². The normalized spacial score (nSPS) is 10.8. The number of fused-ring (bicyclic) bond motifs is 1. The number of rotatable bonds is 9. The Bertz CT molecular complexity index is 1550. The van der Waals surface area contributed by atoms with Gasteiger partial charge in [0.25, 0.3) is 0 Å². The quantitative estimate of drug-likeness (QED) is 0.219. The van der Waals surface area contributed by atoms with Gasteiger partial charge in [0.1, 0.15) is 18.4 Å². The number of H-pyrrole nitrogens is 1. The standard InChI is InChI=1S/C30H28N6O/c1-20-26-11-14-34-28(26)8-7-27(20)36-30-24(17-31)19-35-21(2)29(30)23-3-5-25(6-4-23)37-16-15-33-18-22-9-12-32-13-10-22/h3-14,19,33-34H,15-16,18H2,1-2H3,(H,35,36). The van der Waals surface area contributed by atoms with Gasteiger partial charge in [-0.2, -0.15) is 5.26 Å². The van der Waals surface area contributed by atoms with Crippen molar-refractivity contribution in [2.24, 2.45) is 0 Å². The highest BCUT2D eigenvalue weighted by Gasteiger charge is 2.16. The molecule has 7 heteroatoms. The maximum atomic E-state index is 9.86. The fraction of sp³-hybridized carbons (Fsp3) is 0.167. The minimum absolute atomic E-state index is 0.495. The number of aromatic nitrogens is 3. The number of pyridine rings is 2. The minimum Gasteiger partial charge on any atom is -0.492 e. The van der Waals surface area contributed by atoms with Crippen molar-refractivity contribution >= 4 is 22.3 Å². The molecule has 37 heavy (non-hydrogen) atoms. The molecule has 0 spiro atoms. The number of aryl methyl sites for hydroxylation is 2. The molecule has 0 fully saturated rings. The second-order valence-corrected chi connectivity index (χ2v) is 8.83. The van der Waals surface area contributed by atoms with Crippen molar-refractivity contribution in [3.05, 3.63) is 102 Å². The Morgan fingerprint density at radius 1 is 1.00 bits per heavy atom. The van der Waals surface area contributed by atoms with Gasteiger partial charge < -0.3 is 20.4 Å². The van der Waals surface area contributed by atoms with Crippen LogP contribution in [0.15, 0.2) is 79.4 Å². The van der Waals surface area contributed by atoms with Gasteiger partial charge in [-0.05, 0) is 73.0 Å². The molecule has 5 rings (SSSR count). The van der Waals surface area contributed by atoms with Gasteiger partial charge in [-0.25, -0.2) is 0 Å². The number of hydrogen-bond donors (Lipinski definition) is 3. The SMILES string of the molecule is Cc1ncc(C#N)c(Nc2ccc3[nH]ccc3c2C)c1-c1ccc(OCCNCc2ccncc2)cc1. The molecule has 0 saturated heterocycles. The van der Waals surface area contributed by atoms with Crippen LogP contribution in [0.1, 0.15) is 22.4 Å². The van der Waals surface area contributed by atoms with E-state index in [2.05, 4.69) is 44.6 Å². The molecule has 5 aromatic rings. The van der Waals surface area contributed by atoms with E-state index in [0.717, 1.165) is 63.5 Å². The van der Waals surface area contributed by atoms with Crippen molar-refractivity contribution in [3.63, 3.8) is 0 Å². The van der Waals surface area contributed by atoms with E-state index in [-0.39, 0.29) is 0 Å². The Kier molecular flexibility index (Phi) is 7.11. The van der Waals surface area contributed by atoms with Crippen LogP contribution in [-0.4, -0.2) is 28.1 Å². The molecule has 0 atom stereocenters. The number of aromatic amines is 1. The number of nitrogens with one attached hydrogen (secondary N) is 3. The van der Waals surface area contributed by atoms with Crippen molar-refractivity contribution in [2.75, 3.05) is 18.5 Å². The lowest BCUT2D eigenvalue weighted by molar-refractivity contribution is 0.313. The predicted molar refractivity (Wildman–Crippen MR) is 147 cm³/mol. The maximum absolute atomic E-state index is 9.86. The lowest BCUT2D eigenvalue weighted by atomic mass is 9.99. The summed E-state index contributed by atoms with van der Waals surface area (Å²) in [6.07, 6.45) is 7.15. The zero-order valence-corrected chi connectivity index (χ0v) is 20.9. The summed E-state index contributed by atoms with van der Waals surface area (Å²) in [7, 11) is 0. The molecule has 2 aromatic carbocycles. The van der Waals surface area contributed by atoms with E-state index in [4.69, 9.17) is 4.74 Å². The number of anilines is 2. The zero-order chi connectivity index (χ0) is 25.6. The van der Waals surface area contributed by atoms with E-state index in [0.29, 0.717) is 12.2 Å². The van der Waals surface area contributed by atoms with Crippen molar-refractivity contribution in [1.29, 1.82) is 5.26 Å². The lowest BCUT2D eigenvalue weighted by Gasteiger charge is -2.18. The summed E-state index contributed by atoms with van der Waals surface area (Å²) >= 11 is 0. The fourth-order valence-electron chi connectivity index (χ4n) is 4.42. The molecule has 0 amide bonds. The molecule has 3 N–H and O–H groups in total. The Hall–Kier alpha value is -4.67. The van der Waals surface area contributed by atoms with Crippen LogP contribution in [0.2, 0.25) is 0 Å². The number of ether oxygens (including phenoxy) is 1. The van der Waals surface area contributed by atoms with Crippen LogP contribution in [-0.2, 0) is 6.54 Å². The topological polar surface area (TPSA) is 98.7 Å². The van der Waals surface area contributed by atoms with Crippen molar-refractivity contribution < 1.29 is 4.74 Å². The fourth-order valence-corrected chi connectivity index (χ4v) is 4.42. The predicted octanol–water partition coefficient (Wildman–Crippen LogP) is 6.03. The van der Waals surface area contributed by atoms with Crippen LogP contribution in [0.25, 0.3) is 22.0 Å². The van der Waals surface area contributed by atoms with Crippen LogP contribution < -0.4 is 15.4 Å². The Balaban J connectivity index is 1.33. The number of nitrogens with zero attached hydrogens (tertiary/aromatic N) is 3. The molecule has 0 aliphatic rings. The lowest BCUT2D eigenvalue weighted by Crippen LogP contribution is -2.20. The third-order valence-corrected chi connectivity index (χ3v) is 6.42. The summed E-state index contributed by atoms with van der Waals surface area (Å²) in [4.78, 5) is 11.8. The summed E-state index contributed by atoms with van der Waals surface area (Å²) in [5.74, 6) is 0.791. The summed E-state index contributed by atoms with van der Waals surface area (Å²) in [5, 5.41) is 17.9. The van der Waals surface area contributed by atoms with E-state index in [1.807, 2.05) is 61.7 Å². The minimum atomic E-state index is 0.495. The highest BCUT2D eigenvalue weighted by atomic mass is 16.5. The van der Waals surface area contributed by atoms with Crippen LogP contribution in [0.3, 0.4) is 0 Å². The Morgan fingerprint density at radius 3 is 2.59 bits per heavy atom. The van der Waals surface area contributed by atoms with Gasteiger partial charge in [-0.3, -0.25) is 9.97 Å². The molecule has 3 aromatic heterocycles. The van der Waals surface area contributed by atoms with Gasteiger partial charge in [-0.15, -0.1) is 0 Å². The van der Waals surface area contributed by atoms with Gasteiger partial charge in [0.15, 0.2) is 0 Å². The third-order valence-electron chi connectivity index (χ3n) is 6.42. The van der Waals surface area contributed by atoms with Gasteiger partial charge >= 0.3 is 0 Å². The number of benzene rings is 2. The largest absolute Gasteiger partial charge is 0.492 e. The molecule has 0 aliphatic heterocycles. The molecule has 0 saturated carbocycles. The monoisotopic (exact) mass is 488 g/mol. The summed E-state index contributed by atoms with van der Waals surface area (Å²) in [5.41, 5.74) is 8.30. The number of hydrogen-bond acceptors (Lipinski definition) is 6. The molecular formula is C30H28N6O. The average molecular weight is 489 g/mol. The van der Waals surface area contributed by atoms with Crippen molar-refractivity contribution in [1.82, 2.24) is 20.3 Å². The van der Waals surface area contributed by atoms with E-state index < -0.39 is 0 Å². The molecule has 0 aliphatic carbocycles. The molecule has 184 valence electrons. The first kappa shape index (κ1) is 24.0. The first-order valence-electron chi connectivity index (χ1n) is 12.2. The van der Waals surface area contributed by atoms with Crippen LogP contribution in [0.5, 0.6) is 5.75 Å². The van der Waals surface area contributed by atoms with Gasteiger partial charge in [0.2, 0.25) is 0 Å². The molecule has 0 unspecified atom stereocenters. The molecule has 7 nitrogen and oxygen atoms in total. The smallest absolute Gasteiger partial charge is 0.119 e. The second kappa shape index (κ2) is 10.9. The van der Waals surface area contributed by atoms with Gasteiger partial charge in [0, 0.05) is 65.7 Å². The Morgan fingerprint density at radius 2 is 1.81 bits per heavy atom. The van der Waals surface area contributed by atoms with Crippen molar-refractivity contribution in [3.8, 4) is 22.9 Å². The van der Waals surface area contributed by atoms with Crippen molar-refractivity contribution in [2.45, 2.75) is 20.4 Å². The summed E-state index contributed by atoms with van der Waals surface area (Å²) in [6, 6.07) is 20.4. The van der Waals surface area contributed by atoms with Crippen LogP contribution in [0.4, 0.5) is 11.4 Å². The summed E-state index contributed by atoms with van der Waals surface area (Å²) in [6.45, 7) is 6.11. The second-order valence-electron chi connectivity index (χ2n) is 8.83. The summed E-state index contributed by atoms with van der Waals surface area (Å²) < 4.78 is 5.92. The Labute approximate surface area is 216 Å². The third kappa shape index (κ3) is 5.30. The van der Waals surface area contributed by atoms with Crippen LogP contribution in [0, 0.1) is 25.2 Å². The van der Waals surface area contributed by atoms with E-state index >= 15 is 0 Å². The van der Waals surface area contributed by atoms with Gasteiger partial charge in [-0.1, -0.05) is 12.1 Å². The van der Waals surface area contributed by atoms with E-state index in [1.165, 1.54) is 5.56 Å². The molecular weight excluding hydrogens is 460 g/mol. The molecule has 0 bridgehead atoms. The maximum Gasteiger partial charge on any atom is 0.119 e. The molecule has 3 heterocycles. The first-order chi connectivity index (χ1) is 18.1. The first-order valence-corrected chi connectivity index (χ1v) is 12.2. The van der Waals surface area contributed by atoms with Crippen LogP contribution >= 0.6 is 0 Å². The van der Waals surface area contributed by atoms with Gasteiger partial charge in [0.05, 0.1) is 11.3 Å². The zero-order valence-electron chi connectivity index (χ0n) is 20.9.